The fourth-order valence-electron chi connectivity index (χ4n) is 2.49. The Labute approximate surface area is 154 Å². The van der Waals surface area contributed by atoms with E-state index in [2.05, 4.69) is 25.5 Å². The van der Waals surface area contributed by atoms with Gasteiger partial charge in [0.25, 0.3) is 0 Å². The van der Waals surface area contributed by atoms with Crippen LogP contribution in [-0.2, 0) is 5.60 Å². The number of nitrogens with zero attached hydrogens (tertiary/aromatic N) is 3. The highest BCUT2D eigenvalue weighted by Gasteiger charge is 2.25. The van der Waals surface area contributed by atoms with Crippen LogP contribution in [0.1, 0.15) is 43.2 Å². The Morgan fingerprint density at radius 3 is 2.84 bits per heavy atom. The monoisotopic (exact) mass is 375 g/mol. The van der Waals surface area contributed by atoms with Crippen LogP contribution >= 0.6 is 22.9 Å². The van der Waals surface area contributed by atoms with Crippen LogP contribution in [0.15, 0.2) is 24.4 Å². The van der Waals surface area contributed by atoms with Gasteiger partial charge in [-0.15, -0.1) is 11.3 Å². The molecule has 1 aliphatic carbocycles. The Balaban J connectivity index is 1.60. The molecule has 3 aromatic heterocycles. The summed E-state index contributed by atoms with van der Waals surface area (Å²) in [5, 5.41) is 21.0. The average molecular weight is 376 g/mol. The number of halogens is 1. The van der Waals surface area contributed by atoms with Gasteiger partial charge in [-0.25, -0.2) is 9.97 Å². The number of H-pyrrole nitrogens is 1. The molecular formula is C17H18ClN5OS. The van der Waals surface area contributed by atoms with Crippen LogP contribution in [-0.4, -0.2) is 25.3 Å². The zero-order valence-corrected chi connectivity index (χ0v) is 15.4. The lowest BCUT2D eigenvalue weighted by atomic mass is 10.1. The van der Waals surface area contributed by atoms with Crippen LogP contribution in [0.25, 0.3) is 10.7 Å². The molecule has 3 heterocycles. The molecule has 6 nitrogen and oxygen atoms in total. The number of rotatable bonds is 5. The lowest BCUT2D eigenvalue weighted by Gasteiger charge is -2.13. The van der Waals surface area contributed by atoms with Gasteiger partial charge in [0.1, 0.15) is 5.02 Å². The van der Waals surface area contributed by atoms with E-state index in [1.807, 2.05) is 18.2 Å². The molecule has 3 N–H and O–H groups in total. The largest absolute Gasteiger partial charge is 0.385 e. The van der Waals surface area contributed by atoms with E-state index in [0.717, 1.165) is 15.4 Å². The van der Waals surface area contributed by atoms with Crippen molar-refractivity contribution in [2.45, 2.75) is 38.2 Å². The minimum atomic E-state index is -0.884. The highest BCUT2D eigenvalue weighted by molar-refractivity contribution is 7.15. The second-order valence-corrected chi connectivity index (χ2v) is 8.21. The van der Waals surface area contributed by atoms with Gasteiger partial charge in [-0.3, -0.25) is 5.10 Å². The molecule has 0 amide bonds. The first-order valence-electron chi connectivity index (χ1n) is 8.08. The van der Waals surface area contributed by atoms with E-state index >= 15 is 0 Å². The number of thiophene rings is 1. The van der Waals surface area contributed by atoms with Crippen LogP contribution in [0.3, 0.4) is 0 Å². The van der Waals surface area contributed by atoms with Crippen molar-refractivity contribution in [3.63, 3.8) is 0 Å². The lowest BCUT2D eigenvalue weighted by molar-refractivity contribution is 0.0825. The summed E-state index contributed by atoms with van der Waals surface area (Å²) in [6.07, 6.45) is 3.99. The molecule has 25 heavy (non-hydrogen) atoms. The molecule has 8 heteroatoms. The number of nitrogens with one attached hydrogen (secondary N) is 2. The van der Waals surface area contributed by atoms with Gasteiger partial charge in [-0.05, 0) is 38.8 Å². The summed E-state index contributed by atoms with van der Waals surface area (Å²) >= 11 is 7.69. The predicted molar refractivity (Wildman–Crippen MR) is 99.4 cm³/mol. The molecule has 1 fully saturated rings. The number of aromatic nitrogens is 4. The van der Waals surface area contributed by atoms with Crippen molar-refractivity contribution >= 4 is 34.6 Å². The van der Waals surface area contributed by atoms with Gasteiger partial charge in [0.15, 0.2) is 17.5 Å². The van der Waals surface area contributed by atoms with Crippen molar-refractivity contribution in [1.29, 1.82) is 0 Å². The van der Waals surface area contributed by atoms with Gasteiger partial charge in [-0.2, -0.15) is 5.10 Å². The molecule has 0 radical (unpaired) electrons. The summed E-state index contributed by atoms with van der Waals surface area (Å²) < 4.78 is 0. The molecule has 1 aliphatic rings. The second kappa shape index (κ2) is 6.09. The van der Waals surface area contributed by atoms with E-state index in [1.54, 1.807) is 20.0 Å². The number of anilines is 2. The van der Waals surface area contributed by atoms with Crippen molar-refractivity contribution < 1.29 is 5.11 Å². The van der Waals surface area contributed by atoms with Gasteiger partial charge in [0.05, 0.1) is 16.7 Å². The first kappa shape index (κ1) is 16.5. The average Bonchev–Trinajstić information content (AvgIpc) is 3.09. The molecular weight excluding hydrogens is 358 g/mol. The van der Waals surface area contributed by atoms with Crippen LogP contribution in [0, 0.1) is 0 Å². The molecule has 0 aliphatic heterocycles. The Hall–Kier alpha value is -1.96. The lowest BCUT2D eigenvalue weighted by Crippen LogP contribution is -2.12. The summed E-state index contributed by atoms with van der Waals surface area (Å²) in [6.45, 7) is 3.51. The van der Waals surface area contributed by atoms with E-state index in [-0.39, 0.29) is 0 Å². The first-order valence-corrected chi connectivity index (χ1v) is 9.27. The molecule has 1 saturated carbocycles. The van der Waals surface area contributed by atoms with E-state index in [9.17, 15) is 5.11 Å². The summed E-state index contributed by atoms with van der Waals surface area (Å²) in [5.41, 5.74) is 0.256. The molecule has 0 atom stereocenters. The molecule has 0 saturated heterocycles. The number of hydrogen-bond donors (Lipinski definition) is 3. The van der Waals surface area contributed by atoms with Gasteiger partial charge < -0.3 is 10.4 Å². The number of aromatic amines is 1. The summed E-state index contributed by atoms with van der Waals surface area (Å²) in [4.78, 5) is 10.6. The highest BCUT2D eigenvalue weighted by Crippen LogP contribution is 2.40. The van der Waals surface area contributed by atoms with Gasteiger partial charge in [-0.1, -0.05) is 11.6 Å². The fraction of sp³-hybridized carbons (Fsp3) is 0.353. The molecule has 130 valence electrons. The van der Waals surface area contributed by atoms with Gasteiger partial charge in [0, 0.05) is 22.6 Å². The molecule has 3 aromatic rings. The third-order valence-corrected chi connectivity index (χ3v) is 5.71. The van der Waals surface area contributed by atoms with Crippen LogP contribution in [0.4, 0.5) is 11.6 Å². The van der Waals surface area contributed by atoms with Crippen molar-refractivity contribution in [2.24, 2.45) is 0 Å². The van der Waals surface area contributed by atoms with Crippen molar-refractivity contribution in [2.75, 3.05) is 5.32 Å². The van der Waals surface area contributed by atoms with E-state index < -0.39 is 5.60 Å². The topological polar surface area (TPSA) is 86.7 Å². The molecule has 0 bridgehead atoms. The zero-order chi connectivity index (χ0) is 17.6. The summed E-state index contributed by atoms with van der Waals surface area (Å²) in [5.74, 6) is 2.37. The molecule has 0 spiro atoms. The number of aliphatic hydroxyl groups is 1. The van der Waals surface area contributed by atoms with E-state index in [4.69, 9.17) is 11.6 Å². The zero-order valence-electron chi connectivity index (χ0n) is 13.9. The summed E-state index contributed by atoms with van der Waals surface area (Å²) in [6, 6.07) is 5.79. The smallest absolute Gasteiger partial charge is 0.171 e. The van der Waals surface area contributed by atoms with Crippen LogP contribution in [0.5, 0.6) is 0 Å². The molecule has 0 aromatic carbocycles. The second-order valence-electron chi connectivity index (χ2n) is 6.72. The van der Waals surface area contributed by atoms with Crippen molar-refractivity contribution in [3.05, 3.63) is 40.0 Å². The Kier molecular flexibility index (Phi) is 4.02. The van der Waals surface area contributed by atoms with Gasteiger partial charge >= 0.3 is 0 Å². The van der Waals surface area contributed by atoms with E-state index in [0.29, 0.717) is 28.4 Å². The number of hydrogen-bond acceptors (Lipinski definition) is 6. The van der Waals surface area contributed by atoms with E-state index in [1.165, 1.54) is 24.2 Å². The third kappa shape index (κ3) is 3.53. The Bertz CT molecular complexity index is 910. The quantitative estimate of drug-likeness (QED) is 0.614. The van der Waals surface area contributed by atoms with Crippen molar-refractivity contribution in [1.82, 2.24) is 20.2 Å². The summed E-state index contributed by atoms with van der Waals surface area (Å²) in [7, 11) is 0. The van der Waals surface area contributed by atoms with Crippen molar-refractivity contribution in [3.8, 4) is 10.7 Å². The minimum absolute atomic E-state index is 0.430. The molecule has 4 rings (SSSR count). The standard InChI is InChI=1S/C17H18ClN5OS/c1-17(2,24)13-6-5-12(25-13)16-19-8-10(18)15(21-16)20-14-7-11(22-23-14)9-3-4-9/h5-9,24H,3-4H2,1-2H3,(H2,19,20,21,22,23). The first-order chi connectivity index (χ1) is 11.9. The maximum absolute atomic E-state index is 10.1. The van der Waals surface area contributed by atoms with Gasteiger partial charge in [0.2, 0.25) is 0 Å². The minimum Gasteiger partial charge on any atom is -0.385 e. The normalized spacial score (nSPS) is 14.7. The van der Waals surface area contributed by atoms with Crippen LogP contribution < -0.4 is 5.32 Å². The highest BCUT2D eigenvalue weighted by atomic mass is 35.5. The van der Waals surface area contributed by atoms with Crippen LogP contribution in [0.2, 0.25) is 5.02 Å². The Morgan fingerprint density at radius 2 is 2.16 bits per heavy atom. The fourth-order valence-corrected chi connectivity index (χ4v) is 3.57. The maximum Gasteiger partial charge on any atom is 0.171 e. The molecule has 0 unspecified atom stereocenters. The predicted octanol–water partition coefficient (Wildman–Crippen LogP) is 4.43. The SMILES string of the molecule is CC(C)(O)c1ccc(-c2ncc(Cl)c(Nc3cc(C4CC4)[nH]n3)n2)s1. The third-order valence-electron chi connectivity index (χ3n) is 4.03. The Morgan fingerprint density at radius 1 is 1.36 bits per heavy atom. The maximum atomic E-state index is 10.1.